The highest BCUT2D eigenvalue weighted by Gasteiger charge is 2.33. The van der Waals surface area contributed by atoms with Gasteiger partial charge in [-0.2, -0.15) is 0 Å². The van der Waals surface area contributed by atoms with Crippen LogP contribution < -0.4 is 5.32 Å². The summed E-state index contributed by atoms with van der Waals surface area (Å²) in [4.78, 5) is 25.2. The van der Waals surface area contributed by atoms with E-state index in [0.717, 1.165) is 19.3 Å². The Morgan fingerprint density at radius 2 is 2.06 bits per heavy atom. The molecule has 0 saturated carbocycles. The van der Waals surface area contributed by atoms with Crippen molar-refractivity contribution in [1.29, 1.82) is 0 Å². The van der Waals surface area contributed by atoms with Crippen molar-refractivity contribution in [3.05, 3.63) is 0 Å². The van der Waals surface area contributed by atoms with Crippen molar-refractivity contribution in [1.82, 2.24) is 10.2 Å². The molecule has 0 aromatic rings. The second kappa shape index (κ2) is 5.87. The predicted molar refractivity (Wildman–Crippen MR) is 62.9 cm³/mol. The van der Waals surface area contributed by atoms with Gasteiger partial charge in [0.1, 0.15) is 6.04 Å². The highest BCUT2D eigenvalue weighted by Crippen LogP contribution is 2.11. The fraction of sp³-hybridized carbons (Fsp3) is 0.833. The summed E-state index contributed by atoms with van der Waals surface area (Å²) in [6.45, 7) is 6.98. The minimum absolute atomic E-state index is 0.0326. The summed E-state index contributed by atoms with van der Waals surface area (Å²) in [5.41, 5.74) is 0. The Labute approximate surface area is 97.4 Å². The van der Waals surface area contributed by atoms with Crippen LogP contribution >= 0.6 is 0 Å². The van der Waals surface area contributed by atoms with Gasteiger partial charge in [-0.05, 0) is 12.3 Å². The number of hydrogen-bond acceptors (Lipinski definition) is 2. The SMILES string of the molecule is CCCCCN1CC(=O)NC(C(C)C)C1=O. The molecule has 1 unspecified atom stereocenters. The van der Waals surface area contributed by atoms with E-state index in [0.29, 0.717) is 6.54 Å². The summed E-state index contributed by atoms with van der Waals surface area (Å²) >= 11 is 0. The molecule has 4 nitrogen and oxygen atoms in total. The van der Waals surface area contributed by atoms with Crippen molar-refractivity contribution >= 4 is 11.8 Å². The van der Waals surface area contributed by atoms with Gasteiger partial charge in [-0.15, -0.1) is 0 Å². The van der Waals surface area contributed by atoms with Gasteiger partial charge in [0.2, 0.25) is 11.8 Å². The van der Waals surface area contributed by atoms with E-state index in [1.54, 1.807) is 4.90 Å². The van der Waals surface area contributed by atoms with Gasteiger partial charge in [0.05, 0.1) is 6.54 Å². The van der Waals surface area contributed by atoms with Crippen LogP contribution in [0.25, 0.3) is 0 Å². The molecule has 16 heavy (non-hydrogen) atoms. The quantitative estimate of drug-likeness (QED) is 0.715. The van der Waals surface area contributed by atoms with Crippen LogP contribution in [0.4, 0.5) is 0 Å². The molecule has 1 rings (SSSR count). The second-order valence-electron chi connectivity index (χ2n) is 4.76. The first-order valence-corrected chi connectivity index (χ1v) is 6.14. The number of piperazine rings is 1. The van der Waals surface area contributed by atoms with Crippen molar-refractivity contribution in [2.75, 3.05) is 13.1 Å². The zero-order valence-corrected chi connectivity index (χ0v) is 10.5. The molecule has 0 aromatic carbocycles. The molecule has 2 amide bonds. The average Bonchev–Trinajstić information content (AvgIpc) is 2.22. The Hall–Kier alpha value is -1.06. The molecular formula is C12H22N2O2. The molecule has 0 aromatic heterocycles. The number of amides is 2. The maximum atomic E-state index is 12.0. The predicted octanol–water partition coefficient (Wildman–Crippen LogP) is 1.16. The fourth-order valence-corrected chi connectivity index (χ4v) is 1.92. The third-order valence-electron chi connectivity index (χ3n) is 2.93. The standard InChI is InChI=1S/C12H22N2O2/c1-4-5-6-7-14-8-10(15)13-11(9(2)3)12(14)16/h9,11H,4-8H2,1-3H3,(H,13,15). The number of carbonyl (C=O) groups is 2. The number of hydrogen-bond donors (Lipinski definition) is 1. The Balaban J connectivity index is 2.55. The van der Waals surface area contributed by atoms with E-state index in [4.69, 9.17) is 0 Å². The molecule has 92 valence electrons. The molecular weight excluding hydrogens is 204 g/mol. The van der Waals surface area contributed by atoms with Crippen LogP contribution in [0, 0.1) is 5.92 Å². The monoisotopic (exact) mass is 226 g/mol. The lowest BCUT2D eigenvalue weighted by molar-refractivity contribution is -0.145. The van der Waals surface area contributed by atoms with E-state index < -0.39 is 0 Å². The van der Waals surface area contributed by atoms with Crippen LogP contribution in [-0.4, -0.2) is 35.8 Å². The van der Waals surface area contributed by atoms with Gasteiger partial charge in [0.25, 0.3) is 0 Å². The van der Waals surface area contributed by atoms with Crippen LogP contribution in [0.3, 0.4) is 0 Å². The minimum atomic E-state index is -0.331. The molecule has 1 atom stereocenters. The molecule has 1 aliphatic heterocycles. The van der Waals surface area contributed by atoms with Crippen molar-refractivity contribution in [2.45, 2.75) is 46.1 Å². The van der Waals surface area contributed by atoms with E-state index in [1.165, 1.54) is 0 Å². The van der Waals surface area contributed by atoms with Crippen molar-refractivity contribution in [2.24, 2.45) is 5.92 Å². The Bertz CT molecular complexity index is 264. The number of rotatable bonds is 5. The highest BCUT2D eigenvalue weighted by molar-refractivity contribution is 5.94. The number of nitrogens with one attached hydrogen (secondary N) is 1. The Morgan fingerprint density at radius 3 is 2.62 bits per heavy atom. The third-order valence-corrected chi connectivity index (χ3v) is 2.93. The summed E-state index contributed by atoms with van der Waals surface area (Å²) < 4.78 is 0. The van der Waals surface area contributed by atoms with E-state index in [9.17, 15) is 9.59 Å². The lowest BCUT2D eigenvalue weighted by atomic mass is 10.0. The molecule has 1 fully saturated rings. The summed E-state index contributed by atoms with van der Waals surface area (Å²) in [5.74, 6) is 0.200. The summed E-state index contributed by atoms with van der Waals surface area (Å²) in [6, 6.07) is -0.331. The van der Waals surface area contributed by atoms with E-state index in [1.807, 2.05) is 13.8 Å². The van der Waals surface area contributed by atoms with Gasteiger partial charge >= 0.3 is 0 Å². The first-order chi connectivity index (χ1) is 7.56. The van der Waals surface area contributed by atoms with Crippen molar-refractivity contribution in [3.63, 3.8) is 0 Å². The number of nitrogens with zero attached hydrogens (tertiary/aromatic N) is 1. The van der Waals surface area contributed by atoms with E-state index >= 15 is 0 Å². The average molecular weight is 226 g/mol. The lowest BCUT2D eigenvalue weighted by Crippen LogP contribution is -2.59. The van der Waals surface area contributed by atoms with Gasteiger partial charge in [-0.1, -0.05) is 33.6 Å². The van der Waals surface area contributed by atoms with Gasteiger partial charge < -0.3 is 10.2 Å². The molecule has 0 bridgehead atoms. The summed E-state index contributed by atoms with van der Waals surface area (Å²) in [7, 11) is 0. The number of unbranched alkanes of at least 4 members (excludes halogenated alkanes) is 2. The summed E-state index contributed by atoms with van der Waals surface area (Å²) in [6.07, 6.45) is 3.22. The normalized spacial score (nSPS) is 21.5. The maximum absolute atomic E-state index is 12.0. The summed E-state index contributed by atoms with van der Waals surface area (Å²) in [5, 5.41) is 2.76. The zero-order chi connectivity index (χ0) is 12.1. The van der Waals surface area contributed by atoms with Crippen LogP contribution in [0.2, 0.25) is 0 Å². The topological polar surface area (TPSA) is 49.4 Å². The molecule has 4 heteroatoms. The number of carbonyl (C=O) groups excluding carboxylic acids is 2. The first kappa shape index (κ1) is 13.0. The molecule has 0 radical (unpaired) electrons. The molecule has 1 N–H and O–H groups in total. The van der Waals surface area contributed by atoms with Gasteiger partial charge in [-0.3, -0.25) is 9.59 Å². The lowest BCUT2D eigenvalue weighted by Gasteiger charge is -2.34. The van der Waals surface area contributed by atoms with Crippen LogP contribution in [0.15, 0.2) is 0 Å². The maximum Gasteiger partial charge on any atom is 0.245 e. The van der Waals surface area contributed by atoms with Crippen LogP contribution in [0.1, 0.15) is 40.0 Å². The highest BCUT2D eigenvalue weighted by atomic mass is 16.2. The fourth-order valence-electron chi connectivity index (χ4n) is 1.92. The van der Waals surface area contributed by atoms with Crippen LogP contribution in [-0.2, 0) is 9.59 Å². The Kier molecular flexibility index (Phi) is 4.77. The van der Waals surface area contributed by atoms with Crippen LogP contribution in [0.5, 0.6) is 0 Å². The Morgan fingerprint density at radius 1 is 1.38 bits per heavy atom. The first-order valence-electron chi connectivity index (χ1n) is 6.14. The van der Waals surface area contributed by atoms with Crippen molar-refractivity contribution in [3.8, 4) is 0 Å². The van der Waals surface area contributed by atoms with Gasteiger partial charge in [-0.25, -0.2) is 0 Å². The molecule has 1 aliphatic rings. The molecule has 0 aliphatic carbocycles. The third kappa shape index (κ3) is 3.22. The molecule has 1 heterocycles. The minimum Gasteiger partial charge on any atom is -0.343 e. The van der Waals surface area contributed by atoms with E-state index in [-0.39, 0.29) is 30.3 Å². The smallest absolute Gasteiger partial charge is 0.245 e. The second-order valence-corrected chi connectivity index (χ2v) is 4.76. The molecule has 0 spiro atoms. The largest absolute Gasteiger partial charge is 0.343 e. The van der Waals surface area contributed by atoms with E-state index in [2.05, 4.69) is 12.2 Å². The zero-order valence-electron chi connectivity index (χ0n) is 10.5. The van der Waals surface area contributed by atoms with Gasteiger partial charge in [0, 0.05) is 6.54 Å². The van der Waals surface area contributed by atoms with Crippen molar-refractivity contribution < 1.29 is 9.59 Å². The molecule has 1 saturated heterocycles. The van der Waals surface area contributed by atoms with Gasteiger partial charge in [0.15, 0.2) is 0 Å².